The maximum atomic E-state index is 11.7. The molecule has 0 fully saturated rings. The molecule has 0 aliphatic carbocycles. The van der Waals surface area contributed by atoms with E-state index in [1.54, 1.807) is 7.11 Å². The normalized spacial score (nSPS) is 10.3. The van der Waals surface area contributed by atoms with Crippen molar-refractivity contribution in [3.63, 3.8) is 0 Å². The summed E-state index contributed by atoms with van der Waals surface area (Å²) in [5.41, 5.74) is 6.12. The number of carbonyl (C=O) groups is 1. The van der Waals surface area contributed by atoms with Gasteiger partial charge >= 0.3 is 0 Å². The van der Waals surface area contributed by atoms with Gasteiger partial charge in [0.1, 0.15) is 11.4 Å². The van der Waals surface area contributed by atoms with Gasteiger partial charge in [0, 0.05) is 12.6 Å². The summed E-state index contributed by atoms with van der Waals surface area (Å²) in [7, 11) is 1.62. The molecule has 0 aliphatic rings. The molecule has 0 atom stereocenters. The SMILES string of the molecule is COc1cccc(CCCn2nc(C(N)=O)ccc2=O)c1. The van der Waals surface area contributed by atoms with E-state index in [-0.39, 0.29) is 11.3 Å². The fraction of sp³-hybridized carbons (Fsp3) is 0.267. The second kappa shape index (κ2) is 6.69. The van der Waals surface area contributed by atoms with Crippen molar-refractivity contribution >= 4 is 5.91 Å². The summed E-state index contributed by atoms with van der Waals surface area (Å²) in [6.45, 7) is 0.428. The van der Waals surface area contributed by atoms with Crippen LogP contribution in [0.5, 0.6) is 5.75 Å². The Morgan fingerprint density at radius 1 is 1.33 bits per heavy atom. The van der Waals surface area contributed by atoms with Gasteiger partial charge in [-0.05, 0) is 36.6 Å². The number of hydrogen-bond acceptors (Lipinski definition) is 4. The van der Waals surface area contributed by atoms with Crippen molar-refractivity contribution in [3.8, 4) is 5.75 Å². The summed E-state index contributed by atoms with van der Waals surface area (Å²) in [4.78, 5) is 22.7. The predicted molar refractivity (Wildman–Crippen MR) is 78.3 cm³/mol. The molecule has 21 heavy (non-hydrogen) atoms. The fourth-order valence-corrected chi connectivity index (χ4v) is 2.00. The molecular formula is C15H17N3O3. The number of carbonyl (C=O) groups excluding carboxylic acids is 1. The van der Waals surface area contributed by atoms with Gasteiger partial charge < -0.3 is 10.5 Å². The lowest BCUT2D eigenvalue weighted by atomic mass is 10.1. The number of aryl methyl sites for hydroxylation is 2. The minimum absolute atomic E-state index is 0.0935. The van der Waals surface area contributed by atoms with Crippen LogP contribution in [0.25, 0.3) is 0 Å². The van der Waals surface area contributed by atoms with Crippen molar-refractivity contribution in [2.75, 3.05) is 7.11 Å². The van der Waals surface area contributed by atoms with Gasteiger partial charge in [-0.1, -0.05) is 12.1 Å². The van der Waals surface area contributed by atoms with E-state index in [0.717, 1.165) is 24.2 Å². The topological polar surface area (TPSA) is 87.2 Å². The van der Waals surface area contributed by atoms with Crippen LogP contribution in [0.4, 0.5) is 0 Å². The van der Waals surface area contributed by atoms with Crippen molar-refractivity contribution in [3.05, 3.63) is 58.0 Å². The molecule has 0 aliphatic heterocycles. The van der Waals surface area contributed by atoms with Crippen LogP contribution >= 0.6 is 0 Å². The number of nitrogens with two attached hydrogens (primary N) is 1. The van der Waals surface area contributed by atoms with Gasteiger partial charge in [-0.3, -0.25) is 9.59 Å². The molecule has 0 bridgehead atoms. The zero-order chi connectivity index (χ0) is 15.2. The van der Waals surface area contributed by atoms with Crippen molar-refractivity contribution in [1.82, 2.24) is 9.78 Å². The molecule has 2 N–H and O–H groups in total. The van der Waals surface area contributed by atoms with E-state index in [4.69, 9.17) is 10.5 Å². The maximum absolute atomic E-state index is 11.7. The Morgan fingerprint density at radius 3 is 2.86 bits per heavy atom. The van der Waals surface area contributed by atoms with Crippen LogP contribution in [0.15, 0.2) is 41.2 Å². The third kappa shape index (κ3) is 3.92. The minimum atomic E-state index is -0.642. The Labute approximate surface area is 122 Å². The Hall–Kier alpha value is -2.63. The minimum Gasteiger partial charge on any atom is -0.497 e. The zero-order valence-corrected chi connectivity index (χ0v) is 11.8. The summed E-state index contributed by atoms with van der Waals surface area (Å²) in [5.74, 6) is 0.162. The van der Waals surface area contributed by atoms with E-state index in [1.165, 1.54) is 16.8 Å². The third-order valence-electron chi connectivity index (χ3n) is 3.09. The molecule has 2 aromatic rings. The molecule has 0 saturated carbocycles. The molecule has 0 unspecified atom stereocenters. The molecule has 1 aromatic carbocycles. The number of nitrogens with zero attached hydrogens (tertiary/aromatic N) is 2. The first kappa shape index (κ1) is 14.8. The second-order valence-electron chi connectivity index (χ2n) is 4.60. The standard InChI is InChI=1S/C15H17N3O3/c1-21-12-6-2-4-11(10-12)5-3-9-18-14(19)8-7-13(17-18)15(16)20/h2,4,6-8,10H,3,5,9H2,1H3,(H2,16,20). The van der Waals surface area contributed by atoms with Crippen LogP contribution in [-0.4, -0.2) is 22.8 Å². The fourth-order valence-electron chi connectivity index (χ4n) is 2.00. The van der Waals surface area contributed by atoms with Crippen molar-refractivity contribution in [2.45, 2.75) is 19.4 Å². The number of hydrogen-bond donors (Lipinski definition) is 1. The number of aromatic nitrogens is 2. The summed E-state index contributed by atoms with van der Waals surface area (Å²) in [5, 5.41) is 3.94. The van der Waals surface area contributed by atoms with Crippen molar-refractivity contribution in [1.29, 1.82) is 0 Å². The van der Waals surface area contributed by atoms with E-state index in [1.807, 2.05) is 24.3 Å². The average molecular weight is 287 g/mol. The molecule has 6 nitrogen and oxygen atoms in total. The molecule has 110 valence electrons. The lowest BCUT2D eigenvalue weighted by Gasteiger charge is -2.06. The molecule has 0 radical (unpaired) electrons. The van der Waals surface area contributed by atoms with Crippen LogP contribution in [0.3, 0.4) is 0 Å². The molecule has 1 amide bonds. The van der Waals surface area contributed by atoms with Gasteiger partial charge in [0.05, 0.1) is 7.11 Å². The van der Waals surface area contributed by atoms with Gasteiger partial charge in [-0.25, -0.2) is 4.68 Å². The van der Waals surface area contributed by atoms with Crippen LogP contribution < -0.4 is 16.0 Å². The van der Waals surface area contributed by atoms with Crippen LogP contribution in [0.1, 0.15) is 22.5 Å². The van der Waals surface area contributed by atoms with Gasteiger partial charge in [0.15, 0.2) is 0 Å². The molecular weight excluding hydrogens is 270 g/mol. The highest BCUT2D eigenvalue weighted by atomic mass is 16.5. The Balaban J connectivity index is 2.01. The van der Waals surface area contributed by atoms with Gasteiger partial charge in [-0.15, -0.1) is 0 Å². The quantitative estimate of drug-likeness (QED) is 0.858. The monoisotopic (exact) mass is 287 g/mol. The van der Waals surface area contributed by atoms with E-state index < -0.39 is 5.91 Å². The highest BCUT2D eigenvalue weighted by Crippen LogP contribution is 2.13. The molecule has 2 rings (SSSR count). The largest absolute Gasteiger partial charge is 0.497 e. The van der Waals surface area contributed by atoms with Crippen molar-refractivity contribution < 1.29 is 9.53 Å². The van der Waals surface area contributed by atoms with E-state index in [2.05, 4.69) is 5.10 Å². The zero-order valence-electron chi connectivity index (χ0n) is 11.8. The Bertz CT molecular complexity index is 695. The highest BCUT2D eigenvalue weighted by molar-refractivity contribution is 5.90. The summed E-state index contributed by atoms with van der Waals surface area (Å²) >= 11 is 0. The van der Waals surface area contributed by atoms with Crippen LogP contribution in [0.2, 0.25) is 0 Å². The number of rotatable bonds is 6. The highest BCUT2D eigenvalue weighted by Gasteiger charge is 2.05. The van der Waals surface area contributed by atoms with E-state index >= 15 is 0 Å². The number of primary amides is 1. The lowest BCUT2D eigenvalue weighted by Crippen LogP contribution is -2.26. The summed E-state index contributed by atoms with van der Waals surface area (Å²) in [6.07, 6.45) is 1.51. The van der Waals surface area contributed by atoms with Crippen LogP contribution in [-0.2, 0) is 13.0 Å². The Morgan fingerprint density at radius 2 is 2.14 bits per heavy atom. The van der Waals surface area contributed by atoms with E-state index in [9.17, 15) is 9.59 Å². The first-order valence-electron chi connectivity index (χ1n) is 6.61. The molecule has 1 heterocycles. The number of amides is 1. The molecule has 6 heteroatoms. The second-order valence-corrected chi connectivity index (χ2v) is 4.60. The van der Waals surface area contributed by atoms with Gasteiger partial charge in [-0.2, -0.15) is 5.10 Å². The van der Waals surface area contributed by atoms with Crippen LogP contribution in [0, 0.1) is 0 Å². The Kier molecular flexibility index (Phi) is 4.71. The molecule has 0 saturated heterocycles. The third-order valence-corrected chi connectivity index (χ3v) is 3.09. The number of ether oxygens (including phenoxy) is 1. The maximum Gasteiger partial charge on any atom is 0.269 e. The van der Waals surface area contributed by atoms with Gasteiger partial charge in [0.25, 0.3) is 11.5 Å². The van der Waals surface area contributed by atoms with E-state index in [0.29, 0.717) is 6.54 Å². The predicted octanol–water partition coefficient (Wildman–Crippen LogP) is 0.984. The summed E-state index contributed by atoms with van der Waals surface area (Å²) < 4.78 is 6.43. The number of methoxy groups -OCH3 is 1. The van der Waals surface area contributed by atoms with Crippen molar-refractivity contribution in [2.24, 2.45) is 5.73 Å². The lowest BCUT2D eigenvalue weighted by molar-refractivity contribution is 0.0993. The van der Waals surface area contributed by atoms with Gasteiger partial charge in [0.2, 0.25) is 0 Å². The molecule has 1 aromatic heterocycles. The smallest absolute Gasteiger partial charge is 0.269 e. The number of benzene rings is 1. The molecule has 0 spiro atoms. The first-order chi connectivity index (χ1) is 10.1. The first-order valence-corrected chi connectivity index (χ1v) is 6.61. The average Bonchev–Trinajstić information content (AvgIpc) is 2.49. The summed E-state index contributed by atoms with van der Waals surface area (Å²) in [6, 6.07) is 10.4.